The summed E-state index contributed by atoms with van der Waals surface area (Å²) in [5, 5.41) is 0. The molecule has 0 unspecified atom stereocenters. The Bertz CT molecular complexity index is 829. The Morgan fingerprint density at radius 3 is 2.40 bits per heavy atom. The quantitative estimate of drug-likeness (QED) is 0.302. The smallest absolute Gasteiger partial charge is 0.406 e. The highest BCUT2D eigenvalue weighted by Crippen LogP contribution is 2.36. The summed E-state index contributed by atoms with van der Waals surface area (Å²) in [5.74, 6) is -0.269. The van der Waals surface area contributed by atoms with Crippen LogP contribution in [0.25, 0.3) is 0 Å². The second kappa shape index (κ2) is 9.71. The molecule has 1 heterocycles. The highest BCUT2D eigenvalue weighted by Gasteiger charge is 2.31. The summed E-state index contributed by atoms with van der Waals surface area (Å²) >= 11 is 1.10. The molecule has 11 heteroatoms. The monoisotopic (exact) mass is 468 g/mol. The zero-order valence-electron chi connectivity index (χ0n) is 15.5. The number of rotatable bonds is 7. The third-order valence-corrected chi connectivity index (χ3v) is 5.90. The minimum Gasteiger partial charge on any atom is -0.406 e. The van der Waals surface area contributed by atoms with Gasteiger partial charge in [0.15, 0.2) is 0 Å². The van der Waals surface area contributed by atoms with E-state index in [1.807, 2.05) is 0 Å². The number of thioether (sulfide) groups is 1. The molecule has 0 saturated carbocycles. The lowest BCUT2D eigenvalue weighted by atomic mass is 10.2. The molecule has 0 aliphatic carbocycles. The summed E-state index contributed by atoms with van der Waals surface area (Å²) in [6, 6.07) is 12.2. The standard InChI is InChI=1S/C19H18F6N2OS2/c20-18(21,22)28-15-2-1-3-17(10-15)30-26-14-8-9-27(12-14)11-13-4-6-16(7-5-13)29-19(23,24)25/h1-7,10,14,26H,8-9,11-12H2/t14-/m1/s1. The average Bonchev–Trinajstić information content (AvgIpc) is 3.07. The number of alkyl halides is 6. The fourth-order valence-corrected chi connectivity index (χ4v) is 4.37. The van der Waals surface area contributed by atoms with Gasteiger partial charge in [-0.1, -0.05) is 18.2 Å². The number of benzene rings is 2. The molecular formula is C19H18F6N2OS2. The fraction of sp³-hybridized carbons (Fsp3) is 0.368. The van der Waals surface area contributed by atoms with Gasteiger partial charge < -0.3 is 4.74 Å². The maximum Gasteiger partial charge on any atom is 0.573 e. The first-order chi connectivity index (χ1) is 14.1. The van der Waals surface area contributed by atoms with Gasteiger partial charge in [-0.25, -0.2) is 0 Å². The highest BCUT2D eigenvalue weighted by molar-refractivity contribution is 8.00. The number of hydrogen-bond donors (Lipinski definition) is 1. The van der Waals surface area contributed by atoms with Crippen LogP contribution < -0.4 is 9.46 Å². The van der Waals surface area contributed by atoms with Gasteiger partial charge in [-0.2, -0.15) is 13.2 Å². The predicted molar refractivity (Wildman–Crippen MR) is 104 cm³/mol. The number of hydrogen-bond acceptors (Lipinski definition) is 5. The number of nitrogens with one attached hydrogen (secondary N) is 1. The molecule has 3 nitrogen and oxygen atoms in total. The SMILES string of the molecule is FC(F)(F)Oc1cccc(SN[C@@H]2CCN(Cc3ccc(SC(F)(F)F)cc3)C2)c1. The van der Waals surface area contributed by atoms with Crippen LogP contribution >= 0.6 is 23.7 Å². The molecule has 2 aromatic rings. The van der Waals surface area contributed by atoms with E-state index >= 15 is 0 Å². The Labute approximate surface area is 178 Å². The van der Waals surface area contributed by atoms with E-state index < -0.39 is 11.9 Å². The molecule has 30 heavy (non-hydrogen) atoms. The van der Waals surface area contributed by atoms with Crippen LogP contribution in [0.15, 0.2) is 58.3 Å². The predicted octanol–water partition coefficient (Wildman–Crippen LogP) is 6.07. The minimum absolute atomic E-state index is 0.137. The van der Waals surface area contributed by atoms with Crippen LogP contribution in [0.5, 0.6) is 5.75 Å². The van der Waals surface area contributed by atoms with Crippen molar-refractivity contribution in [1.82, 2.24) is 9.62 Å². The van der Waals surface area contributed by atoms with Gasteiger partial charge in [0.1, 0.15) is 5.75 Å². The Morgan fingerprint density at radius 2 is 1.73 bits per heavy atom. The molecule has 1 aliphatic rings. The lowest BCUT2D eigenvalue weighted by molar-refractivity contribution is -0.274. The Kier molecular flexibility index (Phi) is 7.48. The molecule has 2 aromatic carbocycles. The lowest BCUT2D eigenvalue weighted by Crippen LogP contribution is -2.28. The van der Waals surface area contributed by atoms with Gasteiger partial charge in [-0.15, -0.1) is 13.2 Å². The molecule has 1 fully saturated rings. The number of ether oxygens (including phenoxy) is 1. The molecule has 0 amide bonds. The number of nitrogens with zero attached hydrogens (tertiary/aromatic N) is 1. The van der Waals surface area contributed by atoms with E-state index in [-0.39, 0.29) is 28.4 Å². The molecule has 1 aliphatic heterocycles. The normalized spacial score (nSPS) is 18.0. The van der Waals surface area contributed by atoms with E-state index in [1.165, 1.54) is 42.3 Å². The van der Waals surface area contributed by atoms with Crippen LogP contribution in [0.2, 0.25) is 0 Å². The minimum atomic E-state index is -4.73. The van der Waals surface area contributed by atoms with Crippen molar-refractivity contribution in [1.29, 1.82) is 0 Å². The second-order valence-corrected chi connectivity index (χ2v) is 8.70. The zero-order valence-corrected chi connectivity index (χ0v) is 17.1. The van der Waals surface area contributed by atoms with Gasteiger partial charge >= 0.3 is 11.9 Å². The van der Waals surface area contributed by atoms with E-state index in [2.05, 4.69) is 14.4 Å². The van der Waals surface area contributed by atoms with Crippen molar-refractivity contribution in [3.63, 3.8) is 0 Å². The largest absolute Gasteiger partial charge is 0.573 e. The van der Waals surface area contributed by atoms with Gasteiger partial charge in [0.2, 0.25) is 0 Å². The Hall–Kier alpha value is -1.56. The molecule has 0 spiro atoms. The summed E-state index contributed by atoms with van der Waals surface area (Å²) < 4.78 is 81.3. The molecule has 164 valence electrons. The van der Waals surface area contributed by atoms with Crippen molar-refractivity contribution in [3.8, 4) is 5.75 Å². The molecule has 0 bridgehead atoms. The molecule has 0 aromatic heterocycles. The van der Waals surface area contributed by atoms with Gasteiger partial charge in [0.05, 0.1) is 0 Å². The highest BCUT2D eigenvalue weighted by atomic mass is 32.2. The van der Waals surface area contributed by atoms with Crippen LogP contribution in [-0.4, -0.2) is 35.9 Å². The first-order valence-corrected chi connectivity index (χ1v) is 10.5. The van der Waals surface area contributed by atoms with Crippen molar-refractivity contribution in [2.45, 2.75) is 40.7 Å². The summed E-state index contributed by atoms with van der Waals surface area (Å²) in [6.45, 7) is 2.16. The van der Waals surface area contributed by atoms with E-state index in [9.17, 15) is 26.3 Å². The average molecular weight is 468 g/mol. The number of halogens is 6. The van der Waals surface area contributed by atoms with E-state index in [0.29, 0.717) is 11.4 Å². The van der Waals surface area contributed by atoms with Crippen LogP contribution in [0.1, 0.15) is 12.0 Å². The summed E-state index contributed by atoms with van der Waals surface area (Å²) in [5.41, 5.74) is -3.38. The maximum atomic E-state index is 12.4. The van der Waals surface area contributed by atoms with Crippen LogP contribution in [0.4, 0.5) is 26.3 Å². The Morgan fingerprint density at radius 1 is 1.00 bits per heavy atom. The van der Waals surface area contributed by atoms with Crippen molar-refractivity contribution in [2.75, 3.05) is 13.1 Å². The third kappa shape index (κ3) is 7.93. The summed E-state index contributed by atoms with van der Waals surface area (Å²) in [7, 11) is 0. The van der Waals surface area contributed by atoms with Crippen LogP contribution in [-0.2, 0) is 6.54 Å². The van der Waals surface area contributed by atoms with E-state index in [1.54, 1.807) is 18.2 Å². The van der Waals surface area contributed by atoms with Gasteiger partial charge in [-0.05, 0) is 66.0 Å². The second-order valence-electron chi connectivity index (χ2n) is 6.66. The molecule has 0 radical (unpaired) electrons. The van der Waals surface area contributed by atoms with Gasteiger partial charge in [-0.3, -0.25) is 9.62 Å². The molecular weight excluding hydrogens is 450 g/mol. The van der Waals surface area contributed by atoms with Gasteiger partial charge in [0.25, 0.3) is 0 Å². The molecule has 3 rings (SSSR count). The third-order valence-electron chi connectivity index (χ3n) is 4.22. The maximum absolute atomic E-state index is 12.4. The Balaban J connectivity index is 1.45. The van der Waals surface area contributed by atoms with Crippen molar-refractivity contribution < 1.29 is 31.1 Å². The first-order valence-electron chi connectivity index (χ1n) is 8.91. The van der Waals surface area contributed by atoms with Gasteiger partial charge in [0, 0.05) is 35.5 Å². The lowest BCUT2D eigenvalue weighted by Gasteiger charge is -2.17. The summed E-state index contributed by atoms with van der Waals surface area (Å²) in [6.07, 6.45) is -3.87. The van der Waals surface area contributed by atoms with E-state index in [0.717, 1.165) is 25.1 Å². The number of likely N-dealkylation sites (tertiary alicyclic amines) is 1. The summed E-state index contributed by atoms with van der Waals surface area (Å²) in [4.78, 5) is 2.93. The van der Waals surface area contributed by atoms with Crippen molar-refractivity contribution >= 4 is 23.7 Å². The molecule has 1 saturated heterocycles. The first kappa shape index (κ1) is 23.1. The fourth-order valence-electron chi connectivity index (χ4n) is 3.01. The van der Waals surface area contributed by atoms with E-state index in [4.69, 9.17) is 0 Å². The molecule has 1 atom stereocenters. The zero-order chi connectivity index (χ0) is 21.8. The van der Waals surface area contributed by atoms with Crippen LogP contribution in [0.3, 0.4) is 0 Å². The van der Waals surface area contributed by atoms with Crippen LogP contribution in [0, 0.1) is 0 Å². The molecule has 1 N–H and O–H groups in total. The van der Waals surface area contributed by atoms with Crippen molar-refractivity contribution in [3.05, 3.63) is 54.1 Å². The topological polar surface area (TPSA) is 24.5 Å². The van der Waals surface area contributed by atoms with Crippen molar-refractivity contribution in [2.24, 2.45) is 0 Å².